The molecule has 7 heteroatoms. The SMILES string of the molecule is CCOC(=O)C1CCN(Cc2c(O)ccc3c2O/C(=C/c2ccc(OCC)cc2)C3=O)CC1. The molecule has 0 atom stereocenters. The third-order valence-electron chi connectivity index (χ3n) is 5.99. The highest BCUT2D eigenvalue weighted by molar-refractivity contribution is 6.15. The highest BCUT2D eigenvalue weighted by atomic mass is 16.5. The monoisotopic (exact) mass is 451 g/mol. The maximum absolute atomic E-state index is 12.9. The van der Waals surface area contributed by atoms with Gasteiger partial charge in [-0.1, -0.05) is 12.1 Å². The van der Waals surface area contributed by atoms with Gasteiger partial charge in [0.2, 0.25) is 5.78 Å². The number of phenolic OH excluding ortho intramolecular Hbond substituents is 1. The maximum Gasteiger partial charge on any atom is 0.309 e. The molecule has 0 saturated carbocycles. The Morgan fingerprint density at radius 3 is 2.52 bits per heavy atom. The standard InChI is InChI=1S/C26H29NO6/c1-3-31-19-7-5-17(6-8-19)15-23-24(29)20-9-10-22(28)21(25(20)33-23)16-27-13-11-18(12-14-27)26(30)32-4-2/h5-10,15,18,28H,3-4,11-14,16H2,1-2H3/b23-15+. The van der Waals surface area contributed by atoms with Crippen LogP contribution in [0.1, 0.15) is 48.2 Å². The summed E-state index contributed by atoms with van der Waals surface area (Å²) in [4.78, 5) is 27.1. The summed E-state index contributed by atoms with van der Waals surface area (Å²) >= 11 is 0. The molecule has 1 fully saturated rings. The molecule has 33 heavy (non-hydrogen) atoms. The number of likely N-dealkylation sites (tertiary alicyclic amines) is 1. The van der Waals surface area contributed by atoms with Crippen molar-refractivity contribution in [2.24, 2.45) is 5.92 Å². The van der Waals surface area contributed by atoms with Crippen LogP contribution < -0.4 is 9.47 Å². The van der Waals surface area contributed by atoms with Crippen LogP contribution in [0.25, 0.3) is 6.08 Å². The first-order valence-electron chi connectivity index (χ1n) is 11.4. The molecule has 2 aromatic carbocycles. The molecule has 0 spiro atoms. The van der Waals surface area contributed by atoms with Gasteiger partial charge in [0.15, 0.2) is 5.76 Å². The number of Topliss-reactive ketones (excluding diaryl/α,β-unsaturated/α-hetero) is 1. The van der Waals surface area contributed by atoms with Crippen molar-refractivity contribution in [1.29, 1.82) is 0 Å². The fourth-order valence-electron chi connectivity index (χ4n) is 4.24. The van der Waals surface area contributed by atoms with E-state index in [9.17, 15) is 14.7 Å². The largest absolute Gasteiger partial charge is 0.507 e. The average Bonchev–Trinajstić information content (AvgIpc) is 3.13. The number of ether oxygens (including phenoxy) is 3. The second-order valence-electron chi connectivity index (χ2n) is 8.18. The molecule has 0 amide bonds. The lowest BCUT2D eigenvalue weighted by Crippen LogP contribution is -2.36. The topological polar surface area (TPSA) is 85.3 Å². The Morgan fingerprint density at radius 1 is 1.12 bits per heavy atom. The summed E-state index contributed by atoms with van der Waals surface area (Å²) in [7, 11) is 0. The van der Waals surface area contributed by atoms with Crippen LogP contribution in [0.3, 0.4) is 0 Å². The van der Waals surface area contributed by atoms with E-state index in [4.69, 9.17) is 14.2 Å². The van der Waals surface area contributed by atoms with Crippen LogP contribution in [0.15, 0.2) is 42.2 Å². The Balaban J connectivity index is 1.48. The number of allylic oxidation sites excluding steroid dienone is 1. The first-order chi connectivity index (χ1) is 16.0. The number of hydrogen-bond acceptors (Lipinski definition) is 7. The number of aromatic hydroxyl groups is 1. The van der Waals surface area contributed by atoms with Crippen LogP contribution >= 0.6 is 0 Å². The number of esters is 1. The molecular formula is C26H29NO6. The summed E-state index contributed by atoms with van der Waals surface area (Å²) in [6.07, 6.45) is 3.11. The smallest absolute Gasteiger partial charge is 0.309 e. The van der Waals surface area contributed by atoms with E-state index in [1.165, 1.54) is 0 Å². The molecule has 0 aromatic heterocycles. The van der Waals surface area contributed by atoms with Gasteiger partial charge in [-0.2, -0.15) is 0 Å². The van der Waals surface area contributed by atoms with E-state index in [0.717, 1.165) is 11.3 Å². The molecule has 0 radical (unpaired) electrons. The van der Waals surface area contributed by atoms with Gasteiger partial charge in [0.05, 0.1) is 30.3 Å². The molecule has 0 aliphatic carbocycles. The van der Waals surface area contributed by atoms with Crippen molar-refractivity contribution in [1.82, 2.24) is 4.90 Å². The van der Waals surface area contributed by atoms with Crippen LogP contribution in [-0.4, -0.2) is 48.1 Å². The van der Waals surface area contributed by atoms with E-state index in [1.54, 1.807) is 18.2 Å². The summed E-state index contributed by atoms with van der Waals surface area (Å²) in [5.74, 6) is 1.06. The molecule has 174 valence electrons. The molecule has 2 aliphatic rings. The molecule has 7 nitrogen and oxygen atoms in total. The van der Waals surface area contributed by atoms with Gasteiger partial charge >= 0.3 is 5.97 Å². The zero-order chi connectivity index (χ0) is 23.4. The van der Waals surface area contributed by atoms with Crippen molar-refractivity contribution in [3.63, 3.8) is 0 Å². The molecule has 0 unspecified atom stereocenters. The number of carbonyl (C=O) groups is 2. The Labute approximate surface area is 193 Å². The number of rotatable bonds is 7. The number of fused-ring (bicyclic) bond motifs is 1. The Hall–Kier alpha value is -3.32. The highest BCUT2D eigenvalue weighted by Gasteiger charge is 2.33. The van der Waals surface area contributed by atoms with E-state index in [2.05, 4.69) is 4.90 Å². The van der Waals surface area contributed by atoms with Crippen LogP contribution in [0.5, 0.6) is 17.2 Å². The summed E-state index contributed by atoms with van der Waals surface area (Å²) in [5.41, 5.74) is 1.85. The minimum atomic E-state index is -0.207. The minimum Gasteiger partial charge on any atom is -0.507 e. The first kappa shape index (κ1) is 22.9. The second-order valence-corrected chi connectivity index (χ2v) is 8.18. The number of piperidine rings is 1. The van der Waals surface area contributed by atoms with Gasteiger partial charge in [-0.3, -0.25) is 14.5 Å². The number of ketones is 1. The van der Waals surface area contributed by atoms with Gasteiger partial charge in [-0.25, -0.2) is 0 Å². The molecule has 4 rings (SSSR count). The molecule has 0 bridgehead atoms. The van der Waals surface area contributed by atoms with Crippen molar-refractivity contribution in [3.05, 3.63) is 58.8 Å². The van der Waals surface area contributed by atoms with Crippen molar-refractivity contribution >= 4 is 17.8 Å². The van der Waals surface area contributed by atoms with Crippen molar-refractivity contribution < 1.29 is 28.9 Å². The van der Waals surface area contributed by atoms with Crippen LogP contribution in [0, 0.1) is 5.92 Å². The lowest BCUT2D eigenvalue weighted by atomic mass is 9.96. The van der Waals surface area contributed by atoms with Crippen molar-refractivity contribution in [2.75, 3.05) is 26.3 Å². The fourth-order valence-corrected chi connectivity index (χ4v) is 4.24. The fraction of sp³-hybridized carbons (Fsp3) is 0.385. The van der Waals surface area contributed by atoms with Crippen LogP contribution in [-0.2, 0) is 16.1 Å². The van der Waals surface area contributed by atoms with E-state index in [1.807, 2.05) is 38.1 Å². The molecule has 1 N–H and O–H groups in total. The number of benzene rings is 2. The zero-order valence-corrected chi connectivity index (χ0v) is 19.0. The predicted molar refractivity (Wildman–Crippen MR) is 123 cm³/mol. The van der Waals surface area contributed by atoms with Crippen LogP contribution in [0.2, 0.25) is 0 Å². The molecule has 2 aromatic rings. The van der Waals surface area contributed by atoms with Gasteiger partial charge in [0.1, 0.15) is 17.2 Å². The van der Waals surface area contributed by atoms with Gasteiger partial charge < -0.3 is 19.3 Å². The van der Waals surface area contributed by atoms with Gasteiger partial charge in [0.25, 0.3) is 0 Å². The lowest BCUT2D eigenvalue weighted by Gasteiger charge is -2.31. The molecule has 2 heterocycles. The maximum atomic E-state index is 12.9. The van der Waals surface area contributed by atoms with Gasteiger partial charge in [0, 0.05) is 6.54 Å². The molecular weight excluding hydrogens is 422 g/mol. The third kappa shape index (κ3) is 5.03. The van der Waals surface area contributed by atoms with Crippen molar-refractivity contribution in [3.8, 4) is 17.2 Å². The summed E-state index contributed by atoms with van der Waals surface area (Å²) < 4.78 is 16.6. The predicted octanol–water partition coefficient (Wildman–Crippen LogP) is 4.18. The average molecular weight is 452 g/mol. The van der Waals surface area contributed by atoms with Crippen molar-refractivity contribution in [2.45, 2.75) is 33.2 Å². The first-order valence-corrected chi connectivity index (χ1v) is 11.4. The number of hydrogen-bond donors (Lipinski definition) is 1. The summed E-state index contributed by atoms with van der Waals surface area (Å²) in [5, 5.41) is 10.5. The lowest BCUT2D eigenvalue weighted by molar-refractivity contribution is -0.149. The molecule has 1 saturated heterocycles. The van der Waals surface area contributed by atoms with Gasteiger partial charge in [-0.05, 0) is 75.7 Å². The number of phenols is 1. The van der Waals surface area contributed by atoms with E-state index >= 15 is 0 Å². The number of nitrogens with zero attached hydrogens (tertiary/aromatic N) is 1. The molecule has 2 aliphatic heterocycles. The second kappa shape index (κ2) is 10.1. The third-order valence-corrected chi connectivity index (χ3v) is 5.99. The summed E-state index contributed by atoms with van der Waals surface area (Å²) in [6, 6.07) is 10.6. The normalized spacial score (nSPS) is 17.6. The minimum absolute atomic E-state index is 0.0854. The summed E-state index contributed by atoms with van der Waals surface area (Å²) in [6.45, 7) is 6.56. The highest BCUT2D eigenvalue weighted by Crippen LogP contribution is 2.40. The zero-order valence-electron chi connectivity index (χ0n) is 19.0. The Morgan fingerprint density at radius 2 is 1.85 bits per heavy atom. The van der Waals surface area contributed by atoms with E-state index < -0.39 is 0 Å². The van der Waals surface area contributed by atoms with Gasteiger partial charge in [-0.15, -0.1) is 0 Å². The van der Waals surface area contributed by atoms with E-state index in [0.29, 0.717) is 62.6 Å². The number of carbonyl (C=O) groups excluding carboxylic acids is 2. The Bertz CT molecular complexity index is 1050. The van der Waals surface area contributed by atoms with Crippen LogP contribution in [0.4, 0.5) is 0 Å². The Kier molecular flexibility index (Phi) is 6.99. The van der Waals surface area contributed by atoms with E-state index in [-0.39, 0.29) is 29.2 Å². The quantitative estimate of drug-likeness (QED) is 0.499.